The van der Waals surface area contributed by atoms with Crippen molar-refractivity contribution in [3.8, 4) is 5.75 Å². The van der Waals surface area contributed by atoms with Crippen molar-refractivity contribution in [3.63, 3.8) is 0 Å². The molecular formula is C31H34O2. The van der Waals surface area contributed by atoms with Crippen LogP contribution in [0.1, 0.15) is 72.8 Å². The van der Waals surface area contributed by atoms with Crippen molar-refractivity contribution >= 4 is 0 Å². The van der Waals surface area contributed by atoms with Crippen LogP contribution < -0.4 is 0 Å². The maximum atomic E-state index is 12.2. The van der Waals surface area contributed by atoms with E-state index in [9.17, 15) is 10.2 Å². The summed E-state index contributed by atoms with van der Waals surface area (Å²) in [5, 5.41) is 22.1. The summed E-state index contributed by atoms with van der Waals surface area (Å²) >= 11 is 0. The largest absolute Gasteiger partial charge is 0.508 e. The number of benzene rings is 3. The average Bonchev–Trinajstić information content (AvgIpc) is 3.11. The number of rotatable bonds is 3. The Kier molecular flexibility index (Phi) is 4.92. The molecule has 3 aromatic rings. The highest BCUT2D eigenvalue weighted by atomic mass is 16.3. The molecule has 2 saturated carbocycles. The van der Waals surface area contributed by atoms with E-state index in [-0.39, 0.29) is 5.41 Å². The lowest BCUT2D eigenvalue weighted by Gasteiger charge is -2.53. The van der Waals surface area contributed by atoms with Gasteiger partial charge in [-0.1, -0.05) is 67.6 Å². The molecule has 3 aromatic carbocycles. The molecule has 2 N–H and O–H groups in total. The Hall–Kier alpha value is -2.58. The Morgan fingerprint density at radius 2 is 1.61 bits per heavy atom. The van der Waals surface area contributed by atoms with Gasteiger partial charge < -0.3 is 10.2 Å². The zero-order chi connectivity index (χ0) is 22.6. The minimum atomic E-state index is -0.747. The molecule has 5 atom stereocenters. The van der Waals surface area contributed by atoms with Crippen LogP contribution in [0.3, 0.4) is 0 Å². The number of hydrogen-bond donors (Lipinski definition) is 2. The van der Waals surface area contributed by atoms with Gasteiger partial charge in [-0.05, 0) is 103 Å². The lowest BCUT2D eigenvalue weighted by atomic mass is 9.52. The highest BCUT2D eigenvalue weighted by Gasteiger charge is 2.62. The second kappa shape index (κ2) is 7.74. The summed E-state index contributed by atoms with van der Waals surface area (Å²) in [7, 11) is 0. The quantitative estimate of drug-likeness (QED) is 0.476. The standard InChI is InChI=1S/C31H34O2/c1-30-17-15-27-26-14-12-25(32)20-23(26)9-13-28(27)29(30)16-18-31(30,33)24-10-7-22(8-11-24)19-21-5-3-2-4-6-21/h2-8,10-12,14,20,27-29,32-33H,9,13,15-19H2,1H3/t27-,28-,29+,30+,31-/m1/s1. The van der Waals surface area contributed by atoms with E-state index in [4.69, 9.17) is 0 Å². The maximum Gasteiger partial charge on any atom is 0.115 e. The van der Waals surface area contributed by atoms with E-state index in [2.05, 4.69) is 67.6 Å². The Morgan fingerprint density at radius 3 is 2.39 bits per heavy atom. The number of phenolic OH excluding ortho intramolecular Hbond substituents is 1. The lowest BCUT2D eigenvalue weighted by Crippen LogP contribution is -2.49. The monoisotopic (exact) mass is 438 g/mol. The van der Waals surface area contributed by atoms with Crippen LogP contribution in [-0.2, 0) is 18.4 Å². The fourth-order valence-corrected chi connectivity index (χ4v) is 7.79. The second-order valence-electron chi connectivity index (χ2n) is 11.0. The smallest absolute Gasteiger partial charge is 0.115 e. The van der Waals surface area contributed by atoms with Crippen LogP contribution in [0.15, 0.2) is 72.8 Å². The molecule has 0 amide bonds. The summed E-state index contributed by atoms with van der Waals surface area (Å²) < 4.78 is 0. The van der Waals surface area contributed by atoms with E-state index in [0.717, 1.165) is 44.1 Å². The summed E-state index contributed by atoms with van der Waals surface area (Å²) in [6.07, 6.45) is 7.30. The van der Waals surface area contributed by atoms with Crippen molar-refractivity contribution in [1.29, 1.82) is 0 Å². The third kappa shape index (κ3) is 3.26. The van der Waals surface area contributed by atoms with Crippen LogP contribution in [0, 0.1) is 17.3 Å². The van der Waals surface area contributed by atoms with Gasteiger partial charge in [0.15, 0.2) is 0 Å². The fraction of sp³-hybridized carbons (Fsp3) is 0.419. The molecule has 0 radical (unpaired) electrons. The molecule has 2 fully saturated rings. The Balaban J connectivity index is 1.27. The zero-order valence-electron chi connectivity index (χ0n) is 19.5. The Morgan fingerprint density at radius 1 is 0.848 bits per heavy atom. The van der Waals surface area contributed by atoms with Crippen molar-refractivity contribution < 1.29 is 10.2 Å². The molecule has 170 valence electrons. The van der Waals surface area contributed by atoms with Gasteiger partial charge in [-0.25, -0.2) is 0 Å². The third-order valence-corrected chi connectivity index (χ3v) is 9.54. The van der Waals surface area contributed by atoms with Gasteiger partial charge >= 0.3 is 0 Å². The van der Waals surface area contributed by atoms with Gasteiger partial charge in [-0.2, -0.15) is 0 Å². The normalized spacial score (nSPS) is 32.6. The first kappa shape index (κ1) is 21.0. The van der Waals surface area contributed by atoms with E-state index in [1.807, 2.05) is 12.1 Å². The fourth-order valence-electron chi connectivity index (χ4n) is 7.79. The highest BCUT2D eigenvalue weighted by Crippen LogP contribution is 2.67. The zero-order valence-corrected chi connectivity index (χ0v) is 19.5. The molecule has 0 aliphatic heterocycles. The predicted molar refractivity (Wildman–Crippen MR) is 132 cm³/mol. The lowest BCUT2D eigenvalue weighted by molar-refractivity contribution is -0.108. The first-order valence-corrected chi connectivity index (χ1v) is 12.7. The molecule has 33 heavy (non-hydrogen) atoms. The number of aromatic hydroxyl groups is 1. The topological polar surface area (TPSA) is 40.5 Å². The molecule has 0 saturated heterocycles. The van der Waals surface area contributed by atoms with Crippen molar-refractivity contribution in [1.82, 2.24) is 0 Å². The summed E-state index contributed by atoms with van der Waals surface area (Å²) in [5.41, 5.74) is 5.68. The molecule has 2 nitrogen and oxygen atoms in total. The van der Waals surface area contributed by atoms with E-state index >= 15 is 0 Å². The SMILES string of the molecule is C[C@]12CC[C@@H]3c4ccc(O)cc4CC[C@H]3[C@@H]1CC[C@@]2(O)c1ccc(Cc2ccccc2)cc1. The van der Waals surface area contributed by atoms with Gasteiger partial charge in [0.2, 0.25) is 0 Å². The summed E-state index contributed by atoms with van der Waals surface area (Å²) in [5.74, 6) is 2.14. The summed E-state index contributed by atoms with van der Waals surface area (Å²) in [6.45, 7) is 2.37. The van der Waals surface area contributed by atoms with Gasteiger partial charge in [0.05, 0.1) is 5.60 Å². The first-order chi connectivity index (χ1) is 16.0. The Bertz CT molecular complexity index is 1150. The summed E-state index contributed by atoms with van der Waals surface area (Å²) in [6, 6.07) is 25.4. The number of fused-ring (bicyclic) bond motifs is 5. The van der Waals surface area contributed by atoms with Crippen LogP contribution in [0.2, 0.25) is 0 Å². The number of aliphatic hydroxyl groups is 1. The molecule has 3 aliphatic rings. The van der Waals surface area contributed by atoms with Gasteiger partial charge in [-0.15, -0.1) is 0 Å². The molecule has 0 bridgehead atoms. The third-order valence-electron chi connectivity index (χ3n) is 9.54. The average molecular weight is 439 g/mol. The second-order valence-corrected chi connectivity index (χ2v) is 11.0. The van der Waals surface area contributed by atoms with Crippen molar-refractivity contribution in [2.75, 3.05) is 0 Å². The van der Waals surface area contributed by atoms with E-state index < -0.39 is 5.60 Å². The van der Waals surface area contributed by atoms with Gasteiger partial charge in [-0.3, -0.25) is 0 Å². The minimum Gasteiger partial charge on any atom is -0.508 e. The molecule has 6 rings (SSSR count). The van der Waals surface area contributed by atoms with Crippen LogP contribution >= 0.6 is 0 Å². The number of phenols is 1. The molecule has 0 unspecified atom stereocenters. The predicted octanol–water partition coefficient (Wildman–Crippen LogP) is 6.73. The molecule has 2 heteroatoms. The van der Waals surface area contributed by atoms with Crippen LogP contribution in [-0.4, -0.2) is 10.2 Å². The van der Waals surface area contributed by atoms with Crippen molar-refractivity contribution in [2.45, 2.75) is 63.4 Å². The van der Waals surface area contributed by atoms with Crippen LogP contribution in [0.25, 0.3) is 0 Å². The minimum absolute atomic E-state index is 0.0798. The number of aryl methyl sites for hydroxylation is 1. The molecule has 0 spiro atoms. The van der Waals surface area contributed by atoms with E-state index in [1.54, 1.807) is 0 Å². The van der Waals surface area contributed by atoms with Crippen LogP contribution in [0.4, 0.5) is 0 Å². The summed E-state index contributed by atoms with van der Waals surface area (Å²) in [4.78, 5) is 0. The number of hydrogen-bond acceptors (Lipinski definition) is 2. The molecular weight excluding hydrogens is 404 g/mol. The van der Waals surface area contributed by atoms with Crippen molar-refractivity contribution in [2.24, 2.45) is 17.3 Å². The van der Waals surface area contributed by atoms with Gasteiger partial charge in [0.25, 0.3) is 0 Å². The van der Waals surface area contributed by atoms with E-state index in [0.29, 0.717) is 23.5 Å². The first-order valence-electron chi connectivity index (χ1n) is 12.7. The molecule has 3 aliphatic carbocycles. The van der Waals surface area contributed by atoms with E-state index in [1.165, 1.54) is 28.7 Å². The van der Waals surface area contributed by atoms with Gasteiger partial charge in [0.1, 0.15) is 5.75 Å². The van der Waals surface area contributed by atoms with Gasteiger partial charge in [0, 0.05) is 5.41 Å². The Labute approximate surface area is 197 Å². The van der Waals surface area contributed by atoms with Crippen LogP contribution in [0.5, 0.6) is 5.75 Å². The highest BCUT2D eigenvalue weighted by molar-refractivity contribution is 5.41. The molecule has 0 heterocycles. The van der Waals surface area contributed by atoms with Crippen molar-refractivity contribution in [3.05, 3.63) is 101 Å². The molecule has 0 aromatic heterocycles. The maximum absolute atomic E-state index is 12.2.